The molecule has 0 aromatic heterocycles. The van der Waals surface area contributed by atoms with Crippen LogP contribution in [0.2, 0.25) is 0 Å². The molecule has 2 aromatic rings. The van der Waals surface area contributed by atoms with Crippen LogP contribution in [0.5, 0.6) is 11.5 Å². The first-order chi connectivity index (χ1) is 10.5. The molecule has 0 atom stereocenters. The lowest BCUT2D eigenvalue weighted by Crippen LogP contribution is -2.13. The van der Waals surface area contributed by atoms with Crippen LogP contribution in [-0.2, 0) is 22.4 Å². The van der Waals surface area contributed by atoms with Gasteiger partial charge in [-0.2, -0.15) is 0 Å². The van der Waals surface area contributed by atoms with Gasteiger partial charge in [0.2, 0.25) is 0 Å². The summed E-state index contributed by atoms with van der Waals surface area (Å²) < 4.78 is 10.6. The van der Waals surface area contributed by atoms with Gasteiger partial charge in [-0.05, 0) is 29.7 Å². The summed E-state index contributed by atoms with van der Waals surface area (Å²) in [5, 5.41) is 0. The average molecular weight is 296 g/mol. The van der Waals surface area contributed by atoms with Crippen LogP contribution in [0.1, 0.15) is 36.1 Å². The molecule has 2 aromatic carbocycles. The molecular weight excluding hydrogens is 280 g/mol. The third kappa shape index (κ3) is 2.72. The van der Waals surface area contributed by atoms with Gasteiger partial charge >= 0.3 is 11.9 Å². The maximum absolute atomic E-state index is 11.3. The Balaban J connectivity index is 2.04. The smallest absolute Gasteiger partial charge is 0.308 e. The van der Waals surface area contributed by atoms with Crippen molar-refractivity contribution in [3.05, 3.63) is 58.7 Å². The second kappa shape index (κ2) is 5.64. The summed E-state index contributed by atoms with van der Waals surface area (Å²) >= 11 is 0. The monoisotopic (exact) mass is 296 g/mol. The van der Waals surface area contributed by atoms with Gasteiger partial charge in [0.15, 0.2) is 0 Å². The van der Waals surface area contributed by atoms with E-state index in [2.05, 4.69) is 0 Å². The van der Waals surface area contributed by atoms with Crippen molar-refractivity contribution in [2.45, 2.75) is 26.7 Å². The van der Waals surface area contributed by atoms with E-state index in [0.717, 1.165) is 28.7 Å². The number of benzene rings is 2. The molecule has 0 saturated heterocycles. The molecule has 1 aliphatic rings. The Labute approximate surface area is 128 Å². The zero-order valence-corrected chi connectivity index (χ0v) is 12.5. The third-order valence-electron chi connectivity index (χ3n) is 3.70. The van der Waals surface area contributed by atoms with Crippen LogP contribution in [0.25, 0.3) is 0 Å². The van der Waals surface area contributed by atoms with Crippen LogP contribution in [0, 0.1) is 0 Å². The number of ether oxygens (including phenoxy) is 2. The summed E-state index contributed by atoms with van der Waals surface area (Å²) in [6, 6.07) is 11.4. The topological polar surface area (TPSA) is 52.6 Å². The van der Waals surface area contributed by atoms with Gasteiger partial charge in [0.25, 0.3) is 0 Å². The zero-order valence-electron chi connectivity index (χ0n) is 12.5. The van der Waals surface area contributed by atoms with Crippen molar-refractivity contribution in [3.8, 4) is 11.5 Å². The molecule has 0 bridgehead atoms. The van der Waals surface area contributed by atoms with E-state index in [1.165, 1.54) is 13.8 Å². The van der Waals surface area contributed by atoms with Gasteiger partial charge in [-0.25, -0.2) is 0 Å². The SMILES string of the molecule is CC(=O)Oc1cccc2c1Cc1c(cccc1OC(C)=O)C2. The van der Waals surface area contributed by atoms with E-state index in [9.17, 15) is 9.59 Å². The van der Waals surface area contributed by atoms with Gasteiger partial charge in [-0.15, -0.1) is 0 Å². The Morgan fingerprint density at radius 1 is 0.773 bits per heavy atom. The van der Waals surface area contributed by atoms with Gasteiger partial charge in [-0.1, -0.05) is 24.3 Å². The van der Waals surface area contributed by atoms with Crippen molar-refractivity contribution in [3.63, 3.8) is 0 Å². The van der Waals surface area contributed by atoms with Gasteiger partial charge in [0.1, 0.15) is 11.5 Å². The minimum absolute atomic E-state index is 0.340. The maximum Gasteiger partial charge on any atom is 0.308 e. The molecule has 4 heteroatoms. The van der Waals surface area contributed by atoms with Crippen LogP contribution in [-0.4, -0.2) is 11.9 Å². The molecule has 0 heterocycles. The second-order valence-corrected chi connectivity index (χ2v) is 5.33. The minimum Gasteiger partial charge on any atom is -0.426 e. The molecular formula is C18H16O4. The van der Waals surface area contributed by atoms with Gasteiger partial charge < -0.3 is 9.47 Å². The molecule has 112 valence electrons. The highest BCUT2D eigenvalue weighted by atomic mass is 16.5. The molecule has 0 radical (unpaired) electrons. The lowest BCUT2D eigenvalue weighted by atomic mass is 9.85. The van der Waals surface area contributed by atoms with E-state index >= 15 is 0 Å². The number of esters is 2. The molecule has 3 rings (SSSR count). The molecule has 0 saturated carbocycles. The summed E-state index contributed by atoms with van der Waals surface area (Å²) in [5.41, 5.74) is 4.21. The van der Waals surface area contributed by atoms with E-state index in [1.54, 1.807) is 12.1 Å². The number of rotatable bonds is 2. The first-order valence-corrected chi connectivity index (χ1v) is 7.13. The molecule has 22 heavy (non-hydrogen) atoms. The summed E-state index contributed by atoms with van der Waals surface area (Å²) in [5.74, 6) is 0.474. The largest absolute Gasteiger partial charge is 0.426 e. The number of hydrogen-bond donors (Lipinski definition) is 0. The van der Waals surface area contributed by atoms with E-state index < -0.39 is 0 Å². The molecule has 0 spiro atoms. The molecule has 0 unspecified atom stereocenters. The maximum atomic E-state index is 11.3. The van der Waals surface area contributed by atoms with Crippen molar-refractivity contribution >= 4 is 11.9 Å². The lowest BCUT2D eigenvalue weighted by molar-refractivity contribution is -0.132. The lowest BCUT2D eigenvalue weighted by Gasteiger charge is -2.23. The molecule has 0 amide bonds. The summed E-state index contributed by atoms with van der Waals surface area (Å²) in [7, 11) is 0. The van der Waals surface area contributed by atoms with E-state index in [1.807, 2.05) is 24.3 Å². The first-order valence-electron chi connectivity index (χ1n) is 7.13. The van der Waals surface area contributed by atoms with Crippen molar-refractivity contribution in [2.24, 2.45) is 0 Å². The number of hydrogen-bond acceptors (Lipinski definition) is 4. The number of carbonyl (C=O) groups excluding carboxylic acids is 2. The van der Waals surface area contributed by atoms with Crippen molar-refractivity contribution in [1.82, 2.24) is 0 Å². The Bertz CT molecular complexity index is 698. The first kappa shape index (κ1) is 14.3. The predicted molar refractivity (Wildman–Crippen MR) is 81.1 cm³/mol. The molecule has 1 aliphatic carbocycles. The third-order valence-corrected chi connectivity index (χ3v) is 3.70. The highest BCUT2D eigenvalue weighted by Gasteiger charge is 2.22. The Kier molecular flexibility index (Phi) is 3.67. The molecule has 0 N–H and O–H groups in total. The number of carbonyl (C=O) groups is 2. The van der Waals surface area contributed by atoms with Crippen LogP contribution in [0.4, 0.5) is 0 Å². The second-order valence-electron chi connectivity index (χ2n) is 5.33. The zero-order chi connectivity index (χ0) is 15.7. The molecule has 0 fully saturated rings. The summed E-state index contributed by atoms with van der Waals surface area (Å²) in [6.07, 6.45) is 1.31. The quantitative estimate of drug-likeness (QED) is 0.539. The summed E-state index contributed by atoms with van der Waals surface area (Å²) in [6.45, 7) is 2.78. The van der Waals surface area contributed by atoms with Crippen molar-refractivity contribution in [1.29, 1.82) is 0 Å². The highest BCUT2D eigenvalue weighted by Crippen LogP contribution is 2.37. The highest BCUT2D eigenvalue weighted by molar-refractivity contribution is 5.72. The van der Waals surface area contributed by atoms with E-state index in [0.29, 0.717) is 17.9 Å². The van der Waals surface area contributed by atoms with E-state index in [-0.39, 0.29) is 11.9 Å². The van der Waals surface area contributed by atoms with Crippen molar-refractivity contribution < 1.29 is 19.1 Å². The van der Waals surface area contributed by atoms with Crippen LogP contribution in [0.3, 0.4) is 0 Å². The molecule has 4 nitrogen and oxygen atoms in total. The fourth-order valence-corrected chi connectivity index (χ4v) is 2.84. The minimum atomic E-state index is -0.340. The number of fused-ring (bicyclic) bond motifs is 2. The Morgan fingerprint density at radius 2 is 1.23 bits per heavy atom. The predicted octanol–water partition coefficient (Wildman–Crippen LogP) is 3.03. The Morgan fingerprint density at radius 3 is 1.64 bits per heavy atom. The van der Waals surface area contributed by atoms with Crippen LogP contribution < -0.4 is 9.47 Å². The van der Waals surface area contributed by atoms with Crippen LogP contribution >= 0.6 is 0 Å². The normalized spacial score (nSPS) is 12.1. The van der Waals surface area contributed by atoms with Gasteiger partial charge in [0, 0.05) is 31.4 Å². The standard InChI is InChI=1S/C18H16O4/c1-11(19)21-17-7-3-5-13-9-14-6-4-8-18(22-12(2)20)16(14)10-15(13)17/h3-8H,9-10H2,1-2H3. The van der Waals surface area contributed by atoms with E-state index in [4.69, 9.17) is 9.47 Å². The molecule has 0 aliphatic heterocycles. The van der Waals surface area contributed by atoms with Crippen LogP contribution in [0.15, 0.2) is 36.4 Å². The summed E-state index contributed by atoms with van der Waals surface area (Å²) in [4.78, 5) is 22.5. The average Bonchev–Trinajstić information content (AvgIpc) is 2.45. The van der Waals surface area contributed by atoms with Gasteiger partial charge in [-0.3, -0.25) is 9.59 Å². The van der Waals surface area contributed by atoms with Gasteiger partial charge in [0.05, 0.1) is 0 Å². The fourth-order valence-electron chi connectivity index (χ4n) is 2.84. The fraction of sp³-hybridized carbons (Fsp3) is 0.222. The van der Waals surface area contributed by atoms with Crippen molar-refractivity contribution in [2.75, 3.05) is 0 Å². The Hall–Kier alpha value is -2.62.